The molecule has 3 saturated heterocycles. The Morgan fingerprint density at radius 2 is 1.14 bits per heavy atom. The monoisotopic (exact) mass is 877 g/mol. The van der Waals surface area contributed by atoms with E-state index in [1.807, 2.05) is 45.0 Å². The van der Waals surface area contributed by atoms with Crippen molar-refractivity contribution in [2.75, 3.05) is 49.4 Å². The maximum Gasteiger partial charge on any atom is 0.416 e. The number of methoxy groups -OCH3 is 2. The third-order valence-corrected chi connectivity index (χ3v) is 11.8. The Morgan fingerprint density at radius 1 is 0.667 bits per heavy atom. The van der Waals surface area contributed by atoms with Gasteiger partial charge in [0.1, 0.15) is 24.7 Å². The van der Waals surface area contributed by atoms with Crippen molar-refractivity contribution in [3.8, 4) is 0 Å². The molecule has 3 aliphatic heterocycles. The van der Waals surface area contributed by atoms with Crippen molar-refractivity contribution in [1.29, 1.82) is 0 Å². The van der Waals surface area contributed by atoms with Gasteiger partial charge in [0.25, 0.3) is 0 Å². The summed E-state index contributed by atoms with van der Waals surface area (Å²) in [4.78, 5) is 82.0. The van der Waals surface area contributed by atoms with Gasteiger partial charge < -0.3 is 45.4 Å². The van der Waals surface area contributed by atoms with Crippen LogP contribution in [0.25, 0.3) is 0 Å². The molecule has 0 saturated carbocycles. The second-order valence-electron chi connectivity index (χ2n) is 17.0. The van der Waals surface area contributed by atoms with Gasteiger partial charge in [-0.15, -0.1) is 0 Å². The summed E-state index contributed by atoms with van der Waals surface area (Å²) in [6.07, 6.45) is -2.56. The number of likely N-dealkylation sites (tertiary alicyclic amines) is 2. The van der Waals surface area contributed by atoms with Gasteiger partial charge in [-0.1, -0.05) is 45.0 Å². The molecule has 3 aromatic carbocycles. The zero-order chi connectivity index (χ0) is 45.6. The molecule has 3 aromatic rings. The number of nitrogens with one attached hydrogen (secondary N) is 4. The van der Waals surface area contributed by atoms with Crippen molar-refractivity contribution in [2.45, 2.75) is 95.7 Å². The predicted octanol–water partition coefficient (Wildman–Crippen LogP) is 6.77. The van der Waals surface area contributed by atoms with Crippen LogP contribution in [0.5, 0.6) is 0 Å². The highest BCUT2D eigenvalue weighted by Gasteiger charge is 2.43. The predicted molar refractivity (Wildman–Crippen MR) is 227 cm³/mol. The molecule has 0 aliphatic carbocycles. The van der Waals surface area contributed by atoms with Crippen LogP contribution in [0.4, 0.5) is 39.8 Å². The van der Waals surface area contributed by atoms with Crippen molar-refractivity contribution >= 4 is 52.9 Å². The van der Waals surface area contributed by atoms with Gasteiger partial charge in [0.15, 0.2) is 0 Å². The van der Waals surface area contributed by atoms with Gasteiger partial charge >= 0.3 is 18.4 Å². The van der Waals surface area contributed by atoms with Crippen LogP contribution in [-0.4, -0.2) is 97.6 Å². The van der Waals surface area contributed by atoms with E-state index in [9.17, 15) is 41.9 Å². The lowest BCUT2D eigenvalue weighted by Gasteiger charge is -2.35. The number of hydrogen-bond donors (Lipinski definition) is 4. The Hall–Kier alpha value is -6.33. The quantitative estimate of drug-likeness (QED) is 0.162. The normalized spacial score (nSPS) is 20.5. The summed E-state index contributed by atoms with van der Waals surface area (Å²) in [6.45, 7) is 5.87. The van der Waals surface area contributed by atoms with E-state index in [0.717, 1.165) is 23.3 Å². The van der Waals surface area contributed by atoms with Crippen LogP contribution in [0.15, 0.2) is 72.8 Å². The number of carbonyl (C=O) groups is 6. The van der Waals surface area contributed by atoms with E-state index in [1.54, 1.807) is 24.3 Å². The molecule has 0 unspecified atom stereocenters. The second-order valence-corrected chi connectivity index (χ2v) is 17.0. The van der Waals surface area contributed by atoms with Crippen LogP contribution >= 0.6 is 0 Å². The standard InChI is InChI=1S/C45H54F3N7O8/c1-44(2,3)38(52-43(61)63-5)41(59)54-25-7-9-36(54)40(58)51-31-18-12-28(13-19-31)34-23-22-33(55(34)32-20-14-29(15-21-32)45(46,47)48)27-10-16-30(17-11-27)50-39(57)35-8-6-24-53(35)37(56)26-49-42(60)62-4/h10-21,33-36,38H,6-9,22-26H2,1-5H3,(H,49,60)(H,50,57)(H,51,58)(H,52,61)/t33-,34-,35+,36+,38-/m1/s1. The average molecular weight is 878 g/mol. The molecule has 3 fully saturated rings. The molecular formula is C45H54F3N7O8. The number of alkyl carbamates (subject to hydrolysis) is 2. The lowest BCUT2D eigenvalue weighted by Crippen LogP contribution is -2.57. The summed E-state index contributed by atoms with van der Waals surface area (Å²) in [7, 11) is 2.40. The number of rotatable bonds is 11. The zero-order valence-electron chi connectivity index (χ0n) is 35.9. The lowest BCUT2D eigenvalue weighted by molar-refractivity contribution is -0.140. The smallest absolute Gasteiger partial charge is 0.416 e. The van der Waals surface area contributed by atoms with E-state index in [4.69, 9.17) is 4.74 Å². The molecule has 5 atom stereocenters. The van der Waals surface area contributed by atoms with E-state index in [0.29, 0.717) is 68.7 Å². The zero-order valence-corrected chi connectivity index (χ0v) is 35.9. The third-order valence-electron chi connectivity index (χ3n) is 11.8. The average Bonchev–Trinajstić information content (AvgIpc) is 4.05. The number of ether oxygens (including phenoxy) is 2. The van der Waals surface area contributed by atoms with E-state index in [1.165, 1.54) is 36.2 Å². The van der Waals surface area contributed by atoms with Gasteiger partial charge in [-0.3, -0.25) is 19.2 Å². The Balaban J connectivity index is 1.17. The minimum Gasteiger partial charge on any atom is -0.453 e. The van der Waals surface area contributed by atoms with Crippen molar-refractivity contribution in [1.82, 2.24) is 20.4 Å². The van der Waals surface area contributed by atoms with E-state index in [-0.39, 0.29) is 36.3 Å². The first-order chi connectivity index (χ1) is 29.9. The molecule has 4 N–H and O–H groups in total. The molecule has 3 aliphatic rings. The van der Waals surface area contributed by atoms with Gasteiger partial charge in [0.05, 0.1) is 31.9 Å². The number of amides is 6. The molecule has 0 aromatic heterocycles. The Morgan fingerprint density at radius 3 is 1.60 bits per heavy atom. The van der Waals surface area contributed by atoms with E-state index in [2.05, 4.69) is 30.9 Å². The summed E-state index contributed by atoms with van der Waals surface area (Å²) in [5.74, 6) is -1.52. The Bertz CT molecular complexity index is 2150. The fourth-order valence-corrected chi connectivity index (χ4v) is 8.63. The molecular weight excluding hydrogens is 824 g/mol. The molecule has 15 nitrogen and oxygen atoms in total. The largest absolute Gasteiger partial charge is 0.453 e. The van der Waals surface area contributed by atoms with Crippen LogP contribution in [0.3, 0.4) is 0 Å². The highest BCUT2D eigenvalue weighted by Crippen LogP contribution is 2.47. The minimum absolute atomic E-state index is 0.252. The molecule has 6 amide bonds. The third kappa shape index (κ3) is 10.8. The summed E-state index contributed by atoms with van der Waals surface area (Å²) in [6, 6.07) is 16.6. The molecule has 0 spiro atoms. The maximum atomic E-state index is 13.7. The van der Waals surface area contributed by atoms with Gasteiger partial charge in [-0.25, -0.2) is 9.59 Å². The van der Waals surface area contributed by atoms with Crippen LogP contribution in [0.2, 0.25) is 0 Å². The number of alkyl halides is 3. The highest BCUT2D eigenvalue weighted by atomic mass is 19.4. The van der Waals surface area contributed by atoms with E-state index < -0.39 is 53.4 Å². The molecule has 6 rings (SSSR count). The first kappa shape index (κ1) is 46.2. The minimum atomic E-state index is -4.51. The van der Waals surface area contributed by atoms with Gasteiger partial charge in [0, 0.05) is 30.2 Å². The Labute approximate surface area is 364 Å². The summed E-state index contributed by atoms with van der Waals surface area (Å²) < 4.78 is 50.1. The topological polar surface area (TPSA) is 179 Å². The van der Waals surface area contributed by atoms with E-state index >= 15 is 0 Å². The summed E-state index contributed by atoms with van der Waals surface area (Å²) in [5.41, 5.74) is 1.90. The second kappa shape index (κ2) is 19.4. The Kier molecular flexibility index (Phi) is 14.2. The fraction of sp³-hybridized carbons (Fsp3) is 0.467. The van der Waals surface area contributed by atoms with Crippen molar-refractivity contribution in [2.24, 2.45) is 5.41 Å². The fourth-order valence-electron chi connectivity index (χ4n) is 8.63. The van der Waals surface area contributed by atoms with Gasteiger partial charge in [-0.2, -0.15) is 13.2 Å². The molecule has 338 valence electrons. The number of anilines is 3. The highest BCUT2D eigenvalue weighted by molar-refractivity contribution is 5.99. The molecule has 0 bridgehead atoms. The van der Waals surface area contributed by atoms with Crippen molar-refractivity contribution < 1.29 is 51.4 Å². The van der Waals surface area contributed by atoms with Crippen molar-refractivity contribution in [3.63, 3.8) is 0 Å². The van der Waals surface area contributed by atoms with Crippen molar-refractivity contribution in [3.05, 3.63) is 89.5 Å². The molecule has 0 radical (unpaired) electrons. The van der Waals surface area contributed by atoms with Gasteiger partial charge in [0.2, 0.25) is 23.6 Å². The molecule has 63 heavy (non-hydrogen) atoms. The number of nitrogens with zero attached hydrogens (tertiary/aromatic N) is 3. The van der Waals surface area contributed by atoms with Crippen LogP contribution in [-0.2, 0) is 34.8 Å². The summed E-state index contributed by atoms with van der Waals surface area (Å²) in [5, 5.41) is 10.8. The maximum absolute atomic E-state index is 13.7. The van der Waals surface area contributed by atoms with Crippen LogP contribution in [0.1, 0.15) is 88.1 Å². The number of halogens is 3. The number of benzene rings is 3. The van der Waals surface area contributed by atoms with Gasteiger partial charge in [-0.05, 0) is 104 Å². The lowest BCUT2D eigenvalue weighted by atomic mass is 9.85. The molecule has 3 heterocycles. The van der Waals surface area contributed by atoms with Crippen LogP contribution < -0.4 is 26.2 Å². The number of carbonyl (C=O) groups excluding carboxylic acids is 6. The SMILES string of the molecule is COC(=O)NCC(=O)N1CCC[C@H]1C(=O)Nc1ccc([C@H]2CC[C@H](c3ccc(NC(=O)[C@@H]4CCCN4C(=O)[C@@H](NC(=O)OC)C(C)(C)C)cc3)N2c2ccc(C(F)(F)F)cc2)cc1. The first-order valence-electron chi connectivity index (χ1n) is 20.9. The first-order valence-corrected chi connectivity index (χ1v) is 20.9. The number of hydrogen-bond acceptors (Lipinski definition) is 9. The molecule has 18 heteroatoms. The van der Waals surface area contributed by atoms with Crippen LogP contribution in [0, 0.1) is 5.41 Å². The summed E-state index contributed by atoms with van der Waals surface area (Å²) >= 11 is 0.